The van der Waals surface area contributed by atoms with Crippen LogP contribution in [0.5, 0.6) is 0 Å². The summed E-state index contributed by atoms with van der Waals surface area (Å²) in [5.74, 6) is 0. The first kappa shape index (κ1) is 9.97. The third-order valence-electron chi connectivity index (χ3n) is 2.69. The molecule has 1 heterocycles. The van der Waals surface area contributed by atoms with Gasteiger partial charge in [-0.1, -0.05) is 17.7 Å². The number of hydrogen-bond donors (Lipinski definition) is 2. The van der Waals surface area contributed by atoms with Crippen LogP contribution in [-0.4, -0.2) is 18.2 Å². The lowest BCUT2D eigenvalue weighted by atomic mass is 9.91. The fraction of sp³-hybridized carbons (Fsp3) is 0.455. The molecule has 2 N–H and O–H groups in total. The van der Waals surface area contributed by atoms with Crippen molar-refractivity contribution in [3.05, 3.63) is 34.3 Å². The van der Waals surface area contributed by atoms with Crippen molar-refractivity contribution < 1.29 is 5.11 Å². The number of hydrogen-bond acceptors (Lipinski definition) is 2. The molecule has 0 radical (unpaired) electrons. The quantitative estimate of drug-likeness (QED) is 0.685. The Morgan fingerprint density at radius 1 is 1.50 bits per heavy atom. The van der Waals surface area contributed by atoms with Crippen molar-refractivity contribution in [3.8, 4) is 0 Å². The largest absolute Gasteiger partial charge is 0.384 e. The highest BCUT2D eigenvalue weighted by molar-refractivity contribution is 6.30. The van der Waals surface area contributed by atoms with Crippen molar-refractivity contribution >= 4 is 11.6 Å². The fourth-order valence-electron chi connectivity index (χ4n) is 1.92. The molecule has 0 aliphatic carbocycles. The number of aliphatic hydroxyl groups is 1. The second kappa shape index (κ2) is 3.54. The second-order valence-electron chi connectivity index (χ2n) is 4.00. The van der Waals surface area contributed by atoms with Gasteiger partial charge in [-0.3, -0.25) is 0 Å². The lowest BCUT2D eigenvalue weighted by molar-refractivity contribution is 0.0595. The van der Waals surface area contributed by atoms with Gasteiger partial charge in [0.05, 0.1) is 5.60 Å². The van der Waals surface area contributed by atoms with Gasteiger partial charge in [-0.25, -0.2) is 0 Å². The Balaban J connectivity index is 2.52. The van der Waals surface area contributed by atoms with E-state index in [2.05, 4.69) is 5.32 Å². The number of nitrogens with one attached hydrogen (secondary N) is 1. The first-order valence-corrected chi connectivity index (χ1v) is 5.19. The summed E-state index contributed by atoms with van der Waals surface area (Å²) in [6.45, 7) is 3.31. The predicted molar refractivity (Wildman–Crippen MR) is 57.6 cm³/mol. The summed E-state index contributed by atoms with van der Waals surface area (Å²) in [6, 6.07) is 5.74. The molecule has 2 rings (SSSR count). The minimum atomic E-state index is -0.809. The van der Waals surface area contributed by atoms with Crippen molar-refractivity contribution in [1.82, 2.24) is 5.32 Å². The molecular weight excluding hydrogens is 198 g/mol. The van der Waals surface area contributed by atoms with E-state index in [9.17, 15) is 5.11 Å². The third-order valence-corrected chi connectivity index (χ3v) is 2.93. The molecule has 0 aromatic heterocycles. The highest BCUT2D eigenvalue weighted by Crippen LogP contribution is 2.28. The van der Waals surface area contributed by atoms with Crippen LogP contribution in [0.2, 0.25) is 5.02 Å². The molecule has 1 aliphatic rings. The van der Waals surface area contributed by atoms with Crippen LogP contribution in [0.25, 0.3) is 0 Å². The normalized spacial score (nSPS) is 26.8. The van der Waals surface area contributed by atoms with E-state index in [4.69, 9.17) is 11.6 Å². The predicted octanol–water partition coefficient (Wildman–Crippen LogP) is 1.69. The zero-order valence-electron chi connectivity index (χ0n) is 8.18. The molecular formula is C11H14ClNO. The molecule has 0 amide bonds. The van der Waals surface area contributed by atoms with Gasteiger partial charge in [0.2, 0.25) is 0 Å². The molecule has 1 aromatic rings. The zero-order chi connectivity index (χ0) is 10.2. The second-order valence-corrected chi connectivity index (χ2v) is 4.44. The Bertz CT molecular complexity index is 349. The van der Waals surface area contributed by atoms with Gasteiger partial charge in [-0.05, 0) is 43.1 Å². The number of halogens is 1. The molecule has 0 fully saturated rings. The standard InChI is InChI=1S/C11H14ClNO/c1-11(14)7-13-5-4-8-2-3-9(12)6-10(8)11/h2-3,6,13-14H,4-5,7H2,1H3/t11-/m0/s1. The smallest absolute Gasteiger partial charge is 0.0995 e. The van der Waals surface area contributed by atoms with Crippen molar-refractivity contribution in [2.75, 3.05) is 13.1 Å². The Labute approximate surface area is 88.9 Å². The SMILES string of the molecule is C[C@]1(O)CNCCc2ccc(Cl)cc21. The summed E-state index contributed by atoms with van der Waals surface area (Å²) < 4.78 is 0. The highest BCUT2D eigenvalue weighted by Gasteiger charge is 2.27. The molecule has 0 unspecified atom stereocenters. The van der Waals surface area contributed by atoms with Crippen LogP contribution >= 0.6 is 11.6 Å². The Kier molecular flexibility index (Phi) is 2.52. The van der Waals surface area contributed by atoms with Crippen LogP contribution in [0.3, 0.4) is 0 Å². The van der Waals surface area contributed by atoms with Gasteiger partial charge in [0, 0.05) is 11.6 Å². The molecule has 1 aliphatic heterocycles. The summed E-state index contributed by atoms with van der Waals surface area (Å²) >= 11 is 5.93. The van der Waals surface area contributed by atoms with E-state index < -0.39 is 5.60 Å². The van der Waals surface area contributed by atoms with E-state index in [1.165, 1.54) is 5.56 Å². The van der Waals surface area contributed by atoms with Gasteiger partial charge in [-0.2, -0.15) is 0 Å². The number of benzene rings is 1. The maximum Gasteiger partial charge on any atom is 0.0995 e. The molecule has 14 heavy (non-hydrogen) atoms. The molecule has 2 nitrogen and oxygen atoms in total. The van der Waals surface area contributed by atoms with Crippen LogP contribution in [-0.2, 0) is 12.0 Å². The highest BCUT2D eigenvalue weighted by atomic mass is 35.5. The third kappa shape index (κ3) is 1.78. The van der Waals surface area contributed by atoms with Gasteiger partial charge in [-0.15, -0.1) is 0 Å². The monoisotopic (exact) mass is 211 g/mol. The Morgan fingerprint density at radius 3 is 3.07 bits per heavy atom. The lowest BCUT2D eigenvalue weighted by Gasteiger charge is -2.23. The maximum atomic E-state index is 10.2. The summed E-state index contributed by atoms with van der Waals surface area (Å²) in [4.78, 5) is 0. The van der Waals surface area contributed by atoms with Crippen LogP contribution in [0.1, 0.15) is 18.1 Å². The minimum absolute atomic E-state index is 0.584. The number of β-amino-alcohol motifs (C(OH)–C–C–N with tert-alkyl or cyclic N) is 1. The van der Waals surface area contributed by atoms with E-state index in [1.54, 1.807) is 0 Å². The van der Waals surface area contributed by atoms with Gasteiger partial charge < -0.3 is 10.4 Å². The van der Waals surface area contributed by atoms with Crippen molar-refractivity contribution in [2.24, 2.45) is 0 Å². The summed E-state index contributed by atoms with van der Waals surface area (Å²) in [5.41, 5.74) is 1.33. The summed E-state index contributed by atoms with van der Waals surface area (Å²) in [6.07, 6.45) is 0.947. The van der Waals surface area contributed by atoms with E-state index in [0.717, 1.165) is 18.5 Å². The van der Waals surface area contributed by atoms with Crippen LogP contribution < -0.4 is 5.32 Å². The molecule has 0 spiro atoms. The van der Waals surface area contributed by atoms with E-state index in [-0.39, 0.29) is 0 Å². The van der Waals surface area contributed by atoms with Crippen molar-refractivity contribution in [2.45, 2.75) is 18.9 Å². The van der Waals surface area contributed by atoms with Crippen molar-refractivity contribution in [3.63, 3.8) is 0 Å². The van der Waals surface area contributed by atoms with Crippen molar-refractivity contribution in [1.29, 1.82) is 0 Å². The van der Waals surface area contributed by atoms with Gasteiger partial charge in [0.25, 0.3) is 0 Å². The average Bonchev–Trinajstić information content (AvgIpc) is 2.26. The number of fused-ring (bicyclic) bond motifs is 1. The first-order valence-electron chi connectivity index (χ1n) is 4.81. The number of rotatable bonds is 0. The molecule has 0 saturated heterocycles. The van der Waals surface area contributed by atoms with Crippen LogP contribution in [0.4, 0.5) is 0 Å². The van der Waals surface area contributed by atoms with E-state index in [1.807, 2.05) is 25.1 Å². The maximum absolute atomic E-state index is 10.2. The summed E-state index contributed by atoms with van der Waals surface area (Å²) in [5, 5.41) is 14.1. The van der Waals surface area contributed by atoms with Gasteiger partial charge in [0.1, 0.15) is 0 Å². The molecule has 1 aromatic carbocycles. The zero-order valence-corrected chi connectivity index (χ0v) is 8.93. The minimum Gasteiger partial charge on any atom is -0.384 e. The summed E-state index contributed by atoms with van der Waals surface area (Å²) in [7, 11) is 0. The van der Waals surface area contributed by atoms with Gasteiger partial charge in [0.15, 0.2) is 0 Å². The topological polar surface area (TPSA) is 32.3 Å². The Hall–Kier alpha value is -0.570. The fourth-order valence-corrected chi connectivity index (χ4v) is 2.09. The molecule has 76 valence electrons. The first-order chi connectivity index (χ1) is 6.59. The molecule has 0 bridgehead atoms. The van der Waals surface area contributed by atoms with E-state index >= 15 is 0 Å². The lowest BCUT2D eigenvalue weighted by Crippen LogP contribution is -2.33. The molecule has 3 heteroatoms. The van der Waals surface area contributed by atoms with Crippen LogP contribution in [0.15, 0.2) is 18.2 Å². The average molecular weight is 212 g/mol. The van der Waals surface area contributed by atoms with Gasteiger partial charge >= 0.3 is 0 Å². The van der Waals surface area contributed by atoms with Crippen LogP contribution in [0, 0.1) is 0 Å². The Morgan fingerprint density at radius 2 is 2.29 bits per heavy atom. The molecule has 1 atom stereocenters. The van der Waals surface area contributed by atoms with E-state index in [0.29, 0.717) is 11.6 Å². The molecule has 0 saturated carbocycles.